The Morgan fingerprint density at radius 1 is 0.444 bits per heavy atom. The van der Waals surface area contributed by atoms with Crippen molar-refractivity contribution in [3.8, 4) is 45.8 Å². The predicted octanol–water partition coefficient (Wildman–Crippen LogP) is 1.42. The summed E-state index contributed by atoms with van der Waals surface area (Å²) in [4.78, 5) is 40.0. The predicted molar refractivity (Wildman–Crippen MR) is 159 cm³/mol. The zero-order valence-corrected chi connectivity index (χ0v) is 25.8. The summed E-state index contributed by atoms with van der Waals surface area (Å²) in [7, 11) is 7.90. The Labute approximate surface area is 266 Å². The van der Waals surface area contributed by atoms with Crippen LogP contribution in [0.2, 0.25) is 0 Å². The van der Waals surface area contributed by atoms with Crippen LogP contribution in [0, 0.1) is 0 Å². The van der Waals surface area contributed by atoms with Gasteiger partial charge in [-0.1, -0.05) is 0 Å². The van der Waals surface area contributed by atoms with Gasteiger partial charge in [-0.15, -0.1) is 0 Å². The fraction of sp³-hybridized carbons (Fsp3) is 0.125. The molecule has 13 heteroatoms. The average Bonchev–Trinajstić information content (AvgIpc) is 3.74. The van der Waals surface area contributed by atoms with Crippen molar-refractivity contribution in [3.05, 3.63) is 73.3 Å². The van der Waals surface area contributed by atoms with Gasteiger partial charge in [0.25, 0.3) is 0 Å². The summed E-state index contributed by atoms with van der Waals surface area (Å²) in [5.74, 6) is 2.08. The van der Waals surface area contributed by atoms with Crippen molar-refractivity contribution < 1.29 is 35.3 Å². The van der Waals surface area contributed by atoms with E-state index in [1.54, 1.807) is 0 Å². The van der Waals surface area contributed by atoms with E-state index < -0.39 is 0 Å². The fourth-order valence-corrected chi connectivity index (χ4v) is 6.19. The summed E-state index contributed by atoms with van der Waals surface area (Å²) in [6, 6.07) is 15.9. The molecule has 0 saturated carbocycles. The molecule has 7 aromatic heterocycles. The number of rotatable bonds is 0. The molecule has 0 N–H and O–H groups in total. The number of aryl methyl sites for hydroxylation is 4. The molecule has 9 rings (SSSR count). The summed E-state index contributed by atoms with van der Waals surface area (Å²) in [5, 5.41) is 1.72. The molecule has 216 valence electrons. The van der Waals surface area contributed by atoms with Crippen LogP contribution < -0.4 is 28.2 Å². The molecule has 2 aliphatic rings. The van der Waals surface area contributed by atoms with Crippen LogP contribution in [0.4, 0.5) is 0 Å². The van der Waals surface area contributed by atoms with Crippen molar-refractivity contribution >= 4 is 44.4 Å². The Balaban J connectivity index is 0.00000300. The number of nitrogens with zero attached hydrogens (tertiary/aromatic N) is 12. The van der Waals surface area contributed by atoms with Gasteiger partial charge in [0, 0.05) is 35.6 Å². The topological polar surface area (TPSA) is 121 Å². The van der Waals surface area contributed by atoms with E-state index in [2.05, 4.69) is 0 Å². The quantitative estimate of drug-likeness (QED) is 0.182. The summed E-state index contributed by atoms with van der Waals surface area (Å²) >= 11 is 0. The maximum Gasteiger partial charge on any atom is 2.00 e. The van der Waals surface area contributed by atoms with Crippen molar-refractivity contribution in [1.29, 1.82) is 0 Å². The Kier molecular flexibility index (Phi) is 5.86. The minimum atomic E-state index is 0. The largest absolute Gasteiger partial charge is 2.00 e. The van der Waals surface area contributed by atoms with E-state index in [9.17, 15) is 0 Å². The van der Waals surface area contributed by atoms with Gasteiger partial charge in [-0.2, -0.15) is 9.13 Å². The molecule has 7 aromatic rings. The van der Waals surface area contributed by atoms with E-state index in [0.717, 1.165) is 44.3 Å². The first-order valence-electron chi connectivity index (χ1n) is 14.1. The number of hydrogen-bond acceptors (Lipinski definition) is 6. The molecule has 0 amide bonds. The molecular formula is C32H24FeN12+4. The molecule has 45 heavy (non-hydrogen) atoms. The van der Waals surface area contributed by atoms with E-state index in [0.29, 0.717) is 45.9 Å². The standard InChI is InChI=1S/C32H24N12.Fe/c1-41-13-5-9-17-21(41)29-33-25(17)38-30-23-19(11-7-15-43(23)3)27(35-30)40-32-24-20(12-8-16-44(24)4)28(36-32)39-31-22-18(26(34-31)37-29)10-6-14-42(22)2;/h5-16H,1-4H3;/q2*+2. The number of hydrogen-bond donors (Lipinski definition) is 0. The van der Waals surface area contributed by atoms with Crippen LogP contribution in [0.1, 0.15) is 0 Å². The third-order valence-corrected chi connectivity index (χ3v) is 8.23. The van der Waals surface area contributed by atoms with Gasteiger partial charge in [-0.05, 0) is 24.3 Å². The second kappa shape index (κ2) is 9.74. The van der Waals surface area contributed by atoms with Crippen LogP contribution in [0.25, 0.3) is 90.2 Å². The first-order chi connectivity index (χ1) is 21.4. The monoisotopic (exact) mass is 632 g/mol. The van der Waals surface area contributed by atoms with Gasteiger partial charge in [-0.25, -0.2) is 19.1 Å². The van der Waals surface area contributed by atoms with Gasteiger partial charge >= 0.3 is 17.1 Å². The van der Waals surface area contributed by atoms with Crippen molar-refractivity contribution in [2.45, 2.75) is 0 Å². The van der Waals surface area contributed by atoms with Crippen LogP contribution in [0.3, 0.4) is 0 Å². The molecule has 12 nitrogen and oxygen atoms in total. The molecule has 9 heterocycles. The minimum Gasteiger partial charge on any atom is -0.352 e. The molecule has 8 bridgehead atoms. The molecule has 0 saturated heterocycles. The van der Waals surface area contributed by atoms with Crippen molar-refractivity contribution in [2.75, 3.05) is 0 Å². The van der Waals surface area contributed by atoms with Gasteiger partial charge in [0.05, 0.1) is 44.8 Å². The smallest absolute Gasteiger partial charge is 0.352 e. The number of aromatic nitrogens is 12. The van der Waals surface area contributed by atoms with E-state index in [1.807, 2.05) is 120 Å². The number of fused-ring (bicyclic) bond motifs is 20. The van der Waals surface area contributed by atoms with Gasteiger partial charge in [-0.3, -0.25) is 0 Å². The van der Waals surface area contributed by atoms with Gasteiger partial charge in [0.1, 0.15) is 28.2 Å². The second-order valence-electron chi connectivity index (χ2n) is 11.0. The number of pyridine rings is 4. The van der Waals surface area contributed by atoms with Crippen LogP contribution in [-0.2, 0) is 45.3 Å². The zero-order valence-electron chi connectivity index (χ0n) is 24.6. The van der Waals surface area contributed by atoms with Crippen molar-refractivity contribution in [1.82, 2.24) is 39.9 Å². The molecule has 0 atom stereocenters. The molecule has 0 fully saturated rings. The summed E-state index contributed by atoms with van der Waals surface area (Å²) in [6.45, 7) is 0. The van der Waals surface area contributed by atoms with Crippen LogP contribution in [0.15, 0.2) is 73.3 Å². The minimum absolute atomic E-state index is 0. The molecule has 0 aliphatic carbocycles. The first-order valence-corrected chi connectivity index (χ1v) is 14.1. The molecule has 0 spiro atoms. The normalized spacial score (nSPS) is 11.8. The van der Waals surface area contributed by atoms with Crippen molar-refractivity contribution in [3.63, 3.8) is 0 Å². The van der Waals surface area contributed by atoms with E-state index in [-0.39, 0.29) is 17.1 Å². The molecule has 0 aromatic carbocycles. The maximum absolute atomic E-state index is 5.04. The zero-order chi connectivity index (χ0) is 29.7. The van der Waals surface area contributed by atoms with Crippen LogP contribution in [-0.4, -0.2) is 29.9 Å². The Bertz CT molecular complexity index is 2390. The van der Waals surface area contributed by atoms with Crippen molar-refractivity contribution in [2.24, 2.45) is 28.2 Å². The van der Waals surface area contributed by atoms with E-state index in [4.69, 9.17) is 39.9 Å². The third-order valence-electron chi connectivity index (χ3n) is 8.23. The summed E-state index contributed by atoms with van der Waals surface area (Å²) in [5.41, 5.74) is 7.17. The maximum atomic E-state index is 5.04. The Morgan fingerprint density at radius 3 is 1.27 bits per heavy atom. The summed E-state index contributed by atoms with van der Waals surface area (Å²) < 4.78 is 8.01. The van der Waals surface area contributed by atoms with Gasteiger partial charge in [0.15, 0.2) is 36.4 Å². The van der Waals surface area contributed by atoms with E-state index in [1.165, 1.54) is 0 Å². The fourth-order valence-electron chi connectivity index (χ4n) is 6.19. The van der Waals surface area contributed by atoms with Gasteiger partial charge in [0.2, 0.25) is 22.4 Å². The SMILES string of the molecule is C[n+]1cccc2c1-c1nc-2nc2[n-]c(nc3nc(nc4[n-]c(n1)c1ccc[n+](C)c41)-c1ccc[n+](C)c1-3)c1ccc[n+](C)c21.[Fe+2]. The molecule has 2 aliphatic heterocycles. The average molecular weight is 632 g/mol. The molecule has 0 radical (unpaired) electrons. The third kappa shape index (κ3) is 3.91. The Morgan fingerprint density at radius 2 is 0.822 bits per heavy atom. The van der Waals surface area contributed by atoms with Crippen LogP contribution >= 0.6 is 0 Å². The molecule has 0 unspecified atom stereocenters. The molecular weight excluding hydrogens is 608 g/mol. The summed E-state index contributed by atoms with van der Waals surface area (Å²) in [6.07, 6.45) is 7.90. The Hall–Kier alpha value is -5.52. The second-order valence-corrected chi connectivity index (χ2v) is 11.0. The first kappa shape index (κ1) is 27.1. The van der Waals surface area contributed by atoms with Gasteiger partial charge < -0.3 is 29.9 Å². The van der Waals surface area contributed by atoms with Crippen LogP contribution in [0.5, 0.6) is 0 Å². The van der Waals surface area contributed by atoms with E-state index >= 15 is 0 Å².